The predicted molar refractivity (Wildman–Crippen MR) is 168 cm³/mol. The zero-order chi connectivity index (χ0) is 28.5. The highest BCUT2D eigenvalue weighted by Crippen LogP contribution is 2.50. The molecule has 3 atom stereocenters. The second-order valence-corrected chi connectivity index (χ2v) is 11.1. The predicted octanol–water partition coefficient (Wildman–Crippen LogP) is 7.22. The lowest BCUT2D eigenvalue weighted by Gasteiger charge is -2.46. The average Bonchev–Trinajstić information content (AvgIpc) is 3.66. The molecule has 0 aliphatic carbocycles. The summed E-state index contributed by atoms with van der Waals surface area (Å²) < 4.78 is 0. The fourth-order valence-corrected chi connectivity index (χ4v) is 6.64. The molecule has 6 aromatic rings. The van der Waals surface area contributed by atoms with Crippen molar-refractivity contribution in [1.29, 1.82) is 0 Å². The van der Waals surface area contributed by atoms with E-state index in [1.807, 2.05) is 73.8 Å². The van der Waals surface area contributed by atoms with Crippen LogP contribution in [0.2, 0.25) is 0 Å². The molecule has 0 radical (unpaired) electrons. The Labute approximate surface area is 240 Å². The second kappa shape index (κ2) is 10.8. The van der Waals surface area contributed by atoms with Crippen molar-refractivity contribution in [2.45, 2.75) is 31.2 Å². The second-order valence-electron chi connectivity index (χ2n) is 11.1. The molecule has 0 spiro atoms. The van der Waals surface area contributed by atoms with Gasteiger partial charge in [0.2, 0.25) is 5.91 Å². The molecule has 2 heterocycles. The van der Waals surface area contributed by atoms with Gasteiger partial charge in [0.05, 0.1) is 11.0 Å². The van der Waals surface area contributed by atoms with E-state index >= 15 is 0 Å². The minimum absolute atomic E-state index is 0.0688. The van der Waals surface area contributed by atoms with Crippen LogP contribution in [0.4, 0.5) is 0 Å². The third-order valence-electron chi connectivity index (χ3n) is 8.97. The molecule has 5 nitrogen and oxygen atoms in total. The van der Waals surface area contributed by atoms with Gasteiger partial charge in [-0.2, -0.15) is 0 Å². The number of hydrogen-bond donors (Lipinski definition) is 4. The summed E-state index contributed by atoms with van der Waals surface area (Å²) in [5, 5.41) is 5.20. The number of para-hydroxylation sites is 2. The molecule has 206 valence electrons. The number of carbonyl (C=O) groups excluding carboxylic acids is 1. The first-order valence-electron chi connectivity index (χ1n) is 14.2. The summed E-state index contributed by atoms with van der Waals surface area (Å²) in [6.45, 7) is 2.03. The molecule has 5 heteroatoms. The molecule has 3 unspecified atom stereocenters. The van der Waals surface area contributed by atoms with E-state index in [2.05, 4.69) is 70.0 Å². The summed E-state index contributed by atoms with van der Waals surface area (Å²) in [6, 6.07) is 37.2. The van der Waals surface area contributed by atoms with Gasteiger partial charge < -0.3 is 21.0 Å². The Morgan fingerprint density at radius 3 is 2.02 bits per heavy atom. The van der Waals surface area contributed by atoms with Crippen molar-refractivity contribution < 1.29 is 4.79 Å². The van der Waals surface area contributed by atoms with Crippen molar-refractivity contribution in [1.82, 2.24) is 15.3 Å². The molecule has 2 aromatic heterocycles. The van der Waals surface area contributed by atoms with Crippen LogP contribution >= 0.6 is 0 Å². The SMILES string of the molecule is CNC(=O)C(C)(CCC(c1ccccc1)c1c[nH]c2ccccc12)C(N)(c1ccccc1)c1c[nH]c2ccccc12. The Bertz CT molecular complexity index is 1790. The van der Waals surface area contributed by atoms with Crippen LogP contribution in [0.3, 0.4) is 0 Å². The molecule has 41 heavy (non-hydrogen) atoms. The smallest absolute Gasteiger partial charge is 0.228 e. The van der Waals surface area contributed by atoms with Gasteiger partial charge in [-0.3, -0.25) is 4.79 Å². The lowest BCUT2D eigenvalue weighted by atomic mass is 9.60. The van der Waals surface area contributed by atoms with Gasteiger partial charge in [-0.05, 0) is 48.6 Å². The van der Waals surface area contributed by atoms with E-state index in [-0.39, 0.29) is 11.8 Å². The molecule has 1 amide bonds. The topological polar surface area (TPSA) is 86.7 Å². The number of hydrogen-bond acceptors (Lipinski definition) is 2. The number of benzene rings is 4. The standard InChI is InChI=1S/C36H36N4O/c1-35(34(41)38-2,36(37,26-15-7-4-8-16-26)31-24-40-33-20-12-10-18-29(31)33)22-21-27(25-13-5-3-6-14-25)30-23-39-32-19-11-9-17-28(30)32/h3-20,23-24,27,39-40H,21-22,37H2,1-2H3,(H,38,41). The van der Waals surface area contributed by atoms with Crippen molar-refractivity contribution in [3.63, 3.8) is 0 Å². The first-order chi connectivity index (χ1) is 20.0. The number of fused-ring (bicyclic) bond motifs is 2. The van der Waals surface area contributed by atoms with E-state index in [0.29, 0.717) is 6.42 Å². The maximum Gasteiger partial charge on any atom is 0.228 e. The third-order valence-corrected chi connectivity index (χ3v) is 8.97. The van der Waals surface area contributed by atoms with Gasteiger partial charge in [-0.1, -0.05) is 97.1 Å². The number of H-pyrrole nitrogens is 2. The Morgan fingerprint density at radius 2 is 1.34 bits per heavy atom. The van der Waals surface area contributed by atoms with E-state index in [1.165, 1.54) is 16.5 Å². The van der Waals surface area contributed by atoms with E-state index < -0.39 is 11.0 Å². The summed E-state index contributed by atoms with van der Waals surface area (Å²) in [6.07, 6.45) is 5.37. The van der Waals surface area contributed by atoms with Crippen LogP contribution in [0.1, 0.15) is 47.9 Å². The first-order valence-corrected chi connectivity index (χ1v) is 14.2. The normalized spacial score (nSPS) is 15.3. The van der Waals surface area contributed by atoms with E-state index in [1.54, 1.807) is 7.05 Å². The van der Waals surface area contributed by atoms with Crippen LogP contribution < -0.4 is 11.1 Å². The van der Waals surface area contributed by atoms with Crippen LogP contribution in [-0.2, 0) is 10.3 Å². The minimum atomic E-state index is -1.12. The monoisotopic (exact) mass is 540 g/mol. The van der Waals surface area contributed by atoms with Gasteiger partial charge in [0.25, 0.3) is 0 Å². The first kappa shape index (κ1) is 26.6. The molecular formula is C36H36N4O. The molecule has 0 bridgehead atoms. The minimum Gasteiger partial charge on any atom is -0.361 e. The lowest BCUT2D eigenvalue weighted by Crippen LogP contribution is -2.58. The van der Waals surface area contributed by atoms with Gasteiger partial charge in [0.1, 0.15) is 0 Å². The van der Waals surface area contributed by atoms with Crippen LogP contribution in [0.25, 0.3) is 21.8 Å². The summed E-state index contributed by atoms with van der Waals surface area (Å²) in [5.41, 5.74) is 11.9. The van der Waals surface area contributed by atoms with Crippen molar-refractivity contribution in [3.8, 4) is 0 Å². The summed E-state index contributed by atoms with van der Waals surface area (Å²) >= 11 is 0. The van der Waals surface area contributed by atoms with Crippen LogP contribution in [0.5, 0.6) is 0 Å². The van der Waals surface area contributed by atoms with E-state index in [0.717, 1.165) is 34.0 Å². The van der Waals surface area contributed by atoms with Gasteiger partial charge in [-0.25, -0.2) is 0 Å². The highest BCUT2D eigenvalue weighted by atomic mass is 16.2. The third kappa shape index (κ3) is 4.43. The van der Waals surface area contributed by atoms with Gasteiger partial charge in [-0.15, -0.1) is 0 Å². The molecule has 0 aliphatic rings. The van der Waals surface area contributed by atoms with Gasteiger partial charge in [0.15, 0.2) is 0 Å². The zero-order valence-electron chi connectivity index (χ0n) is 23.5. The molecular weight excluding hydrogens is 504 g/mol. The molecule has 6 rings (SSSR count). The number of nitrogens with two attached hydrogens (primary N) is 1. The van der Waals surface area contributed by atoms with Crippen molar-refractivity contribution in [2.75, 3.05) is 7.05 Å². The van der Waals surface area contributed by atoms with Crippen molar-refractivity contribution in [3.05, 3.63) is 144 Å². The lowest BCUT2D eigenvalue weighted by molar-refractivity contribution is -0.133. The molecule has 0 saturated heterocycles. The van der Waals surface area contributed by atoms with Gasteiger partial charge >= 0.3 is 0 Å². The fourth-order valence-electron chi connectivity index (χ4n) is 6.64. The highest BCUT2D eigenvalue weighted by molar-refractivity contribution is 5.90. The molecule has 0 saturated carbocycles. The zero-order valence-corrected chi connectivity index (χ0v) is 23.5. The Hall–Kier alpha value is -4.61. The Kier molecular flexibility index (Phi) is 6.98. The van der Waals surface area contributed by atoms with Gasteiger partial charge in [0, 0.05) is 52.7 Å². The highest BCUT2D eigenvalue weighted by Gasteiger charge is 2.53. The number of carbonyl (C=O) groups is 1. The average molecular weight is 541 g/mol. The van der Waals surface area contributed by atoms with Crippen LogP contribution in [0.15, 0.2) is 122 Å². The van der Waals surface area contributed by atoms with E-state index in [9.17, 15) is 4.79 Å². The number of aromatic nitrogens is 2. The van der Waals surface area contributed by atoms with Crippen molar-refractivity contribution in [2.24, 2.45) is 11.1 Å². The maximum absolute atomic E-state index is 14.1. The Balaban J connectivity index is 1.51. The number of amides is 1. The number of nitrogens with one attached hydrogen (secondary N) is 3. The van der Waals surface area contributed by atoms with E-state index in [4.69, 9.17) is 5.73 Å². The Morgan fingerprint density at radius 1 is 0.780 bits per heavy atom. The van der Waals surface area contributed by atoms with Crippen molar-refractivity contribution >= 4 is 27.7 Å². The molecule has 4 aromatic carbocycles. The molecule has 0 aliphatic heterocycles. The van der Waals surface area contributed by atoms with Crippen LogP contribution in [0, 0.1) is 5.41 Å². The summed E-state index contributed by atoms with van der Waals surface area (Å²) in [7, 11) is 1.70. The number of rotatable bonds is 9. The largest absolute Gasteiger partial charge is 0.361 e. The summed E-state index contributed by atoms with van der Waals surface area (Å²) in [4.78, 5) is 21.0. The molecule has 5 N–H and O–H groups in total. The quantitative estimate of drug-likeness (QED) is 0.156. The fraction of sp³-hybridized carbons (Fsp3) is 0.194. The number of aromatic amines is 2. The summed E-state index contributed by atoms with van der Waals surface area (Å²) in [5.74, 6) is -0.0146. The maximum atomic E-state index is 14.1. The van der Waals surface area contributed by atoms with Crippen LogP contribution in [-0.4, -0.2) is 22.9 Å². The molecule has 0 fully saturated rings.